The molecule has 0 unspecified atom stereocenters. The van der Waals surface area contributed by atoms with Gasteiger partial charge in [-0.1, -0.05) is 24.1 Å². The number of rotatable bonds is 5. The number of benzene rings is 1. The zero-order valence-electron chi connectivity index (χ0n) is 17.1. The highest BCUT2D eigenvalue weighted by Gasteiger charge is 2.13. The average molecular weight is 387 g/mol. The first kappa shape index (κ1) is 20.2. The normalized spacial score (nSPS) is 10.6. The molecule has 3 rings (SSSR count). The second-order valence-electron chi connectivity index (χ2n) is 7.15. The van der Waals surface area contributed by atoms with Gasteiger partial charge in [0.2, 0.25) is 0 Å². The molecule has 0 saturated carbocycles. The Kier molecular flexibility index (Phi) is 5.73. The van der Waals surface area contributed by atoms with Crippen LogP contribution in [0.3, 0.4) is 0 Å². The number of pyridine rings is 2. The van der Waals surface area contributed by atoms with E-state index in [0.717, 1.165) is 22.4 Å². The van der Waals surface area contributed by atoms with Crippen molar-refractivity contribution in [1.82, 2.24) is 9.97 Å². The molecule has 29 heavy (non-hydrogen) atoms. The molecule has 2 heterocycles. The second kappa shape index (κ2) is 8.22. The summed E-state index contributed by atoms with van der Waals surface area (Å²) < 4.78 is 0. The van der Waals surface area contributed by atoms with Gasteiger partial charge in [-0.15, -0.1) is 0 Å². The summed E-state index contributed by atoms with van der Waals surface area (Å²) in [5, 5.41) is 10.9. The van der Waals surface area contributed by atoms with Crippen LogP contribution in [-0.2, 0) is 0 Å². The van der Waals surface area contributed by atoms with Crippen LogP contribution in [-0.4, -0.2) is 21.6 Å². The maximum atomic E-state index is 12.7. The Morgan fingerprint density at radius 3 is 2.41 bits per heavy atom. The summed E-state index contributed by atoms with van der Waals surface area (Å²) in [7, 11) is 0. The van der Waals surface area contributed by atoms with Gasteiger partial charge in [-0.05, 0) is 57.5 Å². The molecular formula is C23H25N5O. The minimum atomic E-state index is -0.187. The lowest BCUT2D eigenvalue weighted by Gasteiger charge is -2.12. The van der Waals surface area contributed by atoms with Crippen molar-refractivity contribution in [3.05, 3.63) is 70.5 Å². The summed E-state index contributed by atoms with van der Waals surface area (Å²) in [6.07, 6.45) is 2.22. The van der Waals surface area contributed by atoms with Crippen molar-refractivity contribution in [2.75, 3.05) is 11.1 Å². The summed E-state index contributed by atoms with van der Waals surface area (Å²) in [5.41, 5.74) is 12.6. The summed E-state index contributed by atoms with van der Waals surface area (Å²) in [4.78, 5) is 21.5. The number of nitrogens with zero attached hydrogens (tertiary/aromatic N) is 2. The highest BCUT2D eigenvalue weighted by Crippen LogP contribution is 2.26. The van der Waals surface area contributed by atoms with Crippen molar-refractivity contribution in [3.63, 3.8) is 0 Å². The molecule has 0 aliphatic carbocycles. The van der Waals surface area contributed by atoms with E-state index in [0.29, 0.717) is 40.5 Å². The monoisotopic (exact) mass is 387 g/mol. The molecule has 6 heteroatoms. The first-order valence-electron chi connectivity index (χ1n) is 9.49. The van der Waals surface area contributed by atoms with Crippen LogP contribution >= 0.6 is 0 Å². The van der Waals surface area contributed by atoms with Crippen LogP contribution in [0.1, 0.15) is 46.1 Å². The van der Waals surface area contributed by atoms with E-state index in [2.05, 4.69) is 15.3 Å². The summed E-state index contributed by atoms with van der Waals surface area (Å²) >= 11 is 0. The third-order valence-electron chi connectivity index (χ3n) is 4.71. The molecule has 0 fully saturated rings. The van der Waals surface area contributed by atoms with Gasteiger partial charge in [-0.3, -0.25) is 9.78 Å². The number of aromatic nitrogens is 2. The smallest absolute Gasteiger partial charge is 0.255 e. The highest BCUT2D eigenvalue weighted by atomic mass is 16.1. The molecular weight excluding hydrogens is 362 g/mol. The number of hydrogen-bond donors (Lipinski definition) is 3. The topological polar surface area (TPSA) is 105 Å². The Morgan fingerprint density at radius 2 is 1.79 bits per heavy atom. The largest absolute Gasteiger partial charge is 0.383 e. The summed E-state index contributed by atoms with van der Waals surface area (Å²) in [5.74, 6) is 0.131. The molecule has 4 N–H and O–H groups in total. The minimum absolute atomic E-state index is 0.187. The van der Waals surface area contributed by atoms with E-state index in [4.69, 9.17) is 11.1 Å². The number of nitrogen functional groups attached to an aromatic ring is 1. The Morgan fingerprint density at radius 1 is 1.10 bits per heavy atom. The van der Waals surface area contributed by atoms with E-state index >= 15 is 0 Å². The van der Waals surface area contributed by atoms with Gasteiger partial charge in [-0.25, -0.2) is 4.98 Å². The zero-order chi connectivity index (χ0) is 21.1. The summed E-state index contributed by atoms with van der Waals surface area (Å²) in [6, 6.07) is 11.2. The van der Waals surface area contributed by atoms with Gasteiger partial charge < -0.3 is 16.5 Å². The van der Waals surface area contributed by atoms with Crippen LogP contribution in [0.5, 0.6) is 0 Å². The fourth-order valence-corrected chi connectivity index (χ4v) is 3.24. The molecule has 0 bridgehead atoms. The van der Waals surface area contributed by atoms with Crippen molar-refractivity contribution in [2.45, 2.75) is 34.1 Å². The van der Waals surface area contributed by atoms with Crippen LogP contribution in [0.15, 0.2) is 42.6 Å². The minimum Gasteiger partial charge on any atom is -0.383 e. The van der Waals surface area contributed by atoms with Gasteiger partial charge in [-0.2, -0.15) is 0 Å². The maximum absolute atomic E-state index is 12.7. The predicted octanol–water partition coefficient (Wildman–Crippen LogP) is 4.68. The second-order valence-corrected chi connectivity index (χ2v) is 7.15. The Labute approximate surface area is 170 Å². The van der Waals surface area contributed by atoms with E-state index in [-0.39, 0.29) is 5.91 Å². The zero-order valence-corrected chi connectivity index (χ0v) is 17.1. The van der Waals surface area contributed by atoms with Crippen LogP contribution in [0.4, 0.5) is 11.5 Å². The molecule has 148 valence electrons. The van der Waals surface area contributed by atoms with E-state index in [1.165, 1.54) is 0 Å². The SMILES string of the molecule is CCC(=N)c1ccc(-c2cc(NC(=O)c3cc(C)cc(C)c3)cnc2C)nc1N. The van der Waals surface area contributed by atoms with Crippen molar-refractivity contribution in [1.29, 1.82) is 5.41 Å². The fraction of sp³-hybridized carbons (Fsp3) is 0.217. The van der Waals surface area contributed by atoms with Crippen molar-refractivity contribution in [3.8, 4) is 11.3 Å². The lowest BCUT2D eigenvalue weighted by Crippen LogP contribution is -2.13. The van der Waals surface area contributed by atoms with Crippen LogP contribution in [0.25, 0.3) is 11.3 Å². The first-order valence-corrected chi connectivity index (χ1v) is 9.49. The number of anilines is 2. The van der Waals surface area contributed by atoms with Gasteiger partial charge >= 0.3 is 0 Å². The van der Waals surface area contributed by atoms with E-state index in [1.54, 1.807) is 6.20 Å². The van der Waals surface area contributed by atoms with Crippen LogP contribution in [0, 0.1) is 26.2 Å². The fourth-order valence-electron chi connectivity index (χ4n) is 3.24. The van der Waals surface area contributed by atoms with E-state index in [1.807, 2.05) is 64.1 Å². The molecule has 0 aliphatic heterocycles. The Bertz CT molecular complexity index is 1080. The van der Waals surface area contributed by atoms with E-state index < -0.39 is 0 Å². The number of carbonyl (C=O) groups is 1. The predicted molar refractivity (Wildman–Crippen MR) is 118 cm³/mol. The van der Waals surface area contributed by atoms with E-state index in [9.17, 15) is 4.79 Å². The molecule has 0 aliphatic rings. The third-order valence-corrected chi connectivity index (χ3v) is 4.71. The Hall–Kier alpha value is -3.54. The van der Waals surface area contributed by atoms with Crippen LogP contribution < -0.4 is 11.1 Å². The summed E-state index contributed by atoms with van der Waals surface area (Å²) in [6.45, 7) is 7.72. The molecule has 0 atom stereocenters. The molecule has 1 amide bonds. The van der Waals surface area contributed by atoms with Gasteiger partial charge in [0, 0.05) is 28.1 Å². The quantitative estimate of drug-likeness (QED) is 0.553. The average Bonchev–Trinajstić information content (AvgIpc) is 2.68. The van der Waals surface area contributed by atoms with Gasteiger partial charge in [0.1, 0.15) is 5.82 Å². The number of amides is 1. The van der Waals surface area contributed by atoms with Gasteiger partial charge in [0.15, 0.2) is 0 Å². The number of aryl methyl sites for hydroxylation is 3. The molecule has 3 aromatic rings. The van der Waals surface area contributed by atoms with Crippen molar-refractivity contribution < 1.29 is 4.79 Å². The molecule has 0 spiro atoms. The number of nitrogens with two attached hydrogens (primary N) is 1. The standard InChI is InChI=1S/C23H25N5O/c1-5-20(24)18-6-7-21(28-22(18)25)19-11-17(12-26-15(19)4)27-23(29)16-9-13(2)8-14(3)10-16/h6-12,24H,5H2,1-4H3,(H2,25,28)(H,27,29). The Balaban J connectivity index is 1.91. The third kappa shape index (κ3) is 4.48. The highest BCUT2D eigenvalue weighted by molar-refractivity contribution is 6.05. The lowest BCUT2D eigenvalue weighted by molar-refractivity contribution is 0.102. The molecule has 0 saturated heterocycles. The van der Waals surface area contributed by atoms with Crippen LogP contribution in [0.2, 0.25) is 0 Å². The first-order chi connectivity index (χ1) is 13.8. The lowest BCUT2D eigenvalue weighted by atomic mass is 10.0. The van der Waals surface area contributed by atoms with Crippen molar-refractivity contribution in [2.24, 2.45) is 0 Å². The molecule has 2 aromatic heterocycles. The van der Waals surface area contributed by atoms with Gasteiger partial charge in [0.25, 0.3) is 5.91 Å². The maximum Gasteiger partial charge on any atom is 0.255 e. The molecule has 1 aromatic carbocycles. The number of carbonyl (C=O) groups excluding carboxylic acids is 1. The number of hydrogen-bond acceptors (Lipinski definition) is 5. The number of nitrogens with one attached hydrogen (secondary N) is 2. The van der Waals surface area contributed by atoms with Crippen molar-refractivity contribution >= 4 is 23.1 Å². The molecule has 0 radical (unpaired) electrons. The molecule has 6 nitrogen and oxygen atoms in total. The van der Waals surface area contributed by atoms with Gasteiger partial charge in [0.05, 0.1) is 17.6 Å².